The molecule has 2 amide bonds. The van der Waals surface area contributed by atoms with Gasteiger partial charge in [0.1, 0.15) is 0 Å². The minimum atomic E-state index is -0.441. The highest BCUT2D eigenvalue weighted by atomic mass is 16.2. The molecule has 2 atom stereocenters. The zero-order valence-corrected chi connectivity index (χ0v) is 14.1. The number of rotatable bonds is 4. The van der Waals surface area contributed by atoms with Crippen LogP contribution < -0.4 is 11.1 Å². The number of nitrogens with two attached hydrogens (primary N) is 1. The van der Waals surface area contributed by atoms with Gasteiger partial charge in [-0.05, 0) is 18.8 Å². The first-order valence-electron chi connectivity index (χ1n) is 8.02. The van der Waals surface area contributed by atoms with Crippen LogP contribution in [0.1, 0.15) is 53.9 Å². The highest BCUT2D eigenvalue weighted by Gasteiger charge is 2.31. The van der Waals surface area contributed by atoms with Crippen LogP contribution >= 0.6 is 0 Å². The highest BCUT2D eigenvalue weighted by Crippen LogP contribution is 2.21. The van der Waals surface area contributed by atoms with Crippen LogP contribution in [0.4, 0.5) is 0 Å². The Hall–Kier alpha value is -1.10. The van der Waals surface area contributed by atoms with Crippen LogP contribution in [-0.2, 0) is 9.59 Å². The third kappa shape index (κ3) is 4.99. The number of nitrogens with zero attached hydrogens (tertiary/aromatic N) is 1. The summed E-state index contributed by atoms with van der Waals surface area (Å²) in [6.45, 7) is 11.3. The summed E-state index contributed by atoms with van der Waals surface area (Å²) in [5, 5.41) is 3.03. The third-order valence-electron chi connectivity index (χ3n) is 4.33. The van der Waals surface area contributed by atoms with E-state index in [1.165, 1.54) is 0 Å². The van der Waals surface area contributed by atoms with Gasteiger partial charge >= 0.3 is 0 Å². The Kier molecular flexibility index (Phi) is 6.20. The molecule has 122 valence electrons. The molecule has 5 nitrogen and oxygen atoms in total. The fourth-order valence-corrected chi connectivity index (χ4v) is 2.51. The van der Waals surface area contributed by atoms with Crippen molar-refractivity contribution >= 4 is 11.8 Å². The molecule has 0 saturated carbocycles. The lowest BCUT2D eigenvalue weighted by Gasteiger charge is -2.36. The number of piperidine rings is 1. The van der Waals surface area contributed by atoms with Crippen LogP contribution in [0.2, 0.25) is 0 Å². The molecular weight excluding hydrogens is 266 g/mol. The molecule has 1 rings (SSSR count). The molecule has 0 aromatic carbocycles. The Balaban J connectivity index is 2.44. The highest BCUT2D eigenvalue weighted by molar-refractivity contribution is 5.82. The van der Waals surface area contributed by atoms with E-state index in [0.717, 1.165) is 19.3 Å². The van der Waals surface area contributed by atoms with Crippen LogP contribution in [-0.4, -0.2) is 41.9 Å². The Bertz CT molecular complexity index is 368. The van der Waals surface area contributed by atoms with Crippen molar-refractivity contribution < 1.29 is 9.59 Å². The third-order valence-corrected chi connectivity index (χ3v) is 4.33. The molecule has 1 aliphatic rings. The van der Waals surface area contributed by atoms with Gasteiger partial charge in [0.2, 0.25) is 11.8 Å². The fourth-order valence-electron chi connectivity index (χ4n) is 2.51. The molecule has 21 heavy (non-hydrogen) atoms. The van der Waals surface area contributed by atoms with E-state index in [0.29, 0.717) is 13.1 Å². The Morgan fingerprint density at radius 3 is 2.24 bits per heavy atom. The van der Waals surface area contributed by atoms with E-state index in [2.05, 4.69) is 5.32 Å². The minimum absolute atomic E-state index is 0.0649. The second-order valence-corrected chi connectivity index (χ2v) is 7.24. The molecule has 0 bridgehead atoms. The van der Waals surface area contributed by atoms with Gasteiger partial charge in [0, 0.05) is 24.5 Å². The normalized spacial score (nSPS) is 20.0. The molecule has 0 spiro atoms. The van der Waals surface area contributed by atoms with E-state index >= 15 is 0 Å². The molecule has 1 fully saturated rings. The van der Waals surface area contributed by atoms with Gasteiger partial charge < -0.3 is 16.0 Å². The van der Waals surface area contributed by atoms with Crippen molar-refractivity contribution in [3.63, 3.8) is 0 Å². The van der Waals surface area contributed by atoms with Crippen molar-refractivity contribution in [3.05, 3.63) is 0 Å². The molecule has 5 heteroatoms. The van der Waals surface area contributed by atoms with Crippen molar-refractivity contribution in [3.8, 4) is 0 Å². The Morgan fingerprint density at radius 1 is 1.29 bits per heavy atom. The average molecular weight is 297 g/mol. The van der Waals surface area contributed by atoms with Crippen LogP contribution in [0.15, 0.2) is 0 Å². The number of carbonyl (C=O) groups excluding carboxylic acids is 2. The standard InChI is InChI=1S/C16H31N3O2/c1-6-11(2)13(17)14(20)18-12-7-9-19(10-8-12)15(21)16(3,4)5/h11-13H,6-10,17H2,1-5H3,(H,18,20)/t11-,13-/m0/s1. The lowest BCUT2D eigenvalue weighted by atomic mass is 9.92. The fraction of sp³-hybridized carbons (Fsp3) is 0.875. The smallest absolute Gasteiger partial charge is 0.237 e. The van der Waals surface area contributed by atoms with Crippen LogP contribution in [0.25, 0.3) is 0 Å². The molecular formula is C16H31N3O2. The van der Waals surface area contributed by atoms with E-state index in [9.17, 15) is 9.59 Å². The van der Waals surface area contributed by atoms with Gasteiger partial charge in [-0.3, -0.25) is 9.59 Å². The Morgan fingerprint density at radius 2 is 1.81 bits per heavy atom. The number of likely N-dealkylation sites (tertiary alicyclic amines) is 1. The van der Waals surface area contributed by atoms with E-state index in [4.69, 9.17) is 5.73 Å². The maximum atomic E-state index is 12.2. The first-order chi connectivity index (χ1) is 9.66. The maximum absolute atomic E-state index is 12.2. The van der Waals surface area contributed by atoms with Crippen molar-refractivity contribution in [2.24, 2.45) is 17.1 Å². The average Bonchev–Trinajstić information content (AvgIpc) is 2.44. The second kappa shape index (κ2) is 7.25. The number of carbonyl (C=O) groups is 2. The number of hydrogen-bond donors (Lipinski definition) is 2. The van der Waals surface area contributed by atoms with Crippen LogP contribution in [0, 0.1) is 11.3 Å². The van der Waals surface area contributed by atoms with Gasteiger partial charge in [-0.15, -0.1) is 0 Å². The lowest BCUT2D eigenvalue weighted by Crippen LogP contribution is -2.53. The number of amides is 2. The first-order valence-corrected chi connectivity index (χ1v) is 8.02. The first kappa shape index (κ1) is 18.0. The summed E-state index contributed by atoms with van der Waals surface area (Å²) in [7, 11) is 0. The predicted octanol–water partition coefficient (Wildman–Crippen LogP) is 1.51. The largest absolute Gasteiger partial charge is 0.352 e. The monoisotopic (exact) mass is 297 g/mol. The molecule has 1 heterocycles. The van der Waals surface area contributed by atoms with Gasteiger partial charge in [-0.25, -0.2) is 0 Å². The summed E-state index contributed by atoms with van der Waals surface area (Å²) < 4.78 is 0. The van der Waals surface area contributed by atoms with Crippen LogP contribution in [0.3, 0.4) is 0 Å². The molecule has 0 aromatic heterocycles. The predicted molar refractivity (Wildman–Crippen MR) is 84.6 cm³/mol. The molecule has 3 N–H and O–H groups in total. The quantitative estimate of drug-likeness (QED) is 0.826. The van der Waals surface area contributed by atoms with E-state index in [1.54, 1.807) is 0 Å². The summed E-state index contributed by atoms with van der Waals surface area (Å²) in [5.74, 6) is 0.307. The topological polar surface area (TPSA) is 75.4 Å². The van der Waals surface area contributed by atoms with Gasteiger partial charge in [0.15, 0.2) is 0 Å². The zero-order valence-electron chi connectivity index (χ0n) is 14.1. The molecule has 0 unspecified atom stereocenters. The molecule has 1 saturated heterocycles. The molecule has 0 aromatic rings. The van der Waals surface area contributed by atoms with Gasteiger partial charge in [0.25, 0.3) is 0 Å². The number of hydrogen-bond acceptors (Lipinski definition) is 3. The van der Waals surface area contributed by atoms with E-state index < -0.39 is 6.04 Å². The van der Waals surface area contributed by atoms with Crippen molar-refractivity contribution in [2.75, 3.05) is 13.1 Å². The van der Waals surface area contributed by atoms with Gasteiger partial charge in [-0.2, -0.15) is 0 Å². The van der Waals surface area contributed by atoms with Gasteiger partial charge in [0.05, 0.1) is 6.04 Å². The van der Waals surface area contributed by atoms with E-state index in [1.807, 2.05) is 39.5 Å². The summed E-state index contributed by atoms with van der Waals surface area (Å²) >= 11 is 0. The van der Waals surface area contributed by atoms with Gasteiger partial charge in [-0.1, -0.05) is 41.0 Å². The van der Waals surface area contributed by atoms with Crippen molar-refractivity contribution in [1.82, 2.24) is 10.2 Å². The summed E-state index contributed by atoms with van der Waals surface area (Å²) in [5.41, 5.74) is 5.61. The molecule has 1 aliphatic heterocycles. The summed E-state index contributed by atoms with van der Waals surface area (Å²) in [4.78, 5) is 26.2. The molecule has 0 radical (unpaired) electrons. The lowest BCUT2D eigenvalue weighted by molar-refractivity contribution is -0.140. The van der Waals surface area contributed by atoms with E-state index in [-0.39, 0.29) is 29.2 Å². The summed E-state index contributed by atoms with van der Waals surface area (Å²) in [6, 6.07) is -0.305. The van der Waals surface area contributed by atoms with Crippen molar-refractivity contribution in [1.29, 1.82) is 0 Å². The summed E-state index contributed by atoms with van der Waals surface area (Å²) in [6.07, 6.45) is 2.51. The maximum Gasteiger partial charge on any atom is 0.237 e. The zero-order chi connectivity index (χ0) is 16.2. The SMILES string of the molecule is CC[C@H](C)[C@H](N)C(=O)NC1CCN(C(=O)C(C)(C)C)CC1. The number of nitrogens with one attached hydrogen (secondary N) is 1. The van der Waals surface area contributed by atoms with Crippen molar-refractivity contribution in [2.45, 2.75) is 66.0 Å². The second-order valence-electron chi connectivity index (χ2n) is 7.24. The minimum Gasteiger partial charge on any atom is -0.352 e. The molecule has 0 aliphatic carbocycles. The van der Waals surface area contributed by atoms with Crippen LogP contribution in [0.5, 0.6) is 0 Å². The Labute approximate surface area is 128 Å².